The van der Waals surface area contributed by atoms with E-state index in [1.54, 1.807) is 0 Å². The first-order valence-corrected chi connectivity index (χ1v) is 5.29. The first-order chi connectivity index (χ1) is 5.86. The Hall–Kier alpha value is -0.0100. The summed E-state index contributed by atoms with van der Waals surface area (Å²) >= 11 is 5.80. The Kier molecular flexibility index (Phi) is 4.70. The third kappa shape index (κ3) is 3.16. The van der Waals surface area contributed by atoms with E-state index < -0.39 is 0 Å². The molecule has 0 unspecified atom stereocenters. The Morgan fingerprint density at radius 1 is 1.42 bits per heavy atom. The van der Waals surface area contributed by atoms with Crippen LogP contribution in [0.15, 0.2) is 12.2 Å². The van der Waals surface area contributed by atoms with E-state index in [4.69, 9.17) is 11.6 Å². The van der Waals surface area contributed by atoms with E-state index in [0.717, 1.165) is 18.3 Å². The third-order valence-electron chi connectivity index (χ3n) is 2.52. The second kappa shape index (κ2) is 5.60. The van der Waals surface area contributed by atoms with Crippen LogP contribution in [0.1, 0.15) is 19.8 Å². The molecule has 0 aromatic heterocycles. The highest BCUT2D eigenvalue weighted by Crippen LogP contribution is 2.17. The van der Waals surface area contributed by atoms with Crippen molar-refractivity contribution in [2.24, 2.45) is 5.92 Å². The maximum Gasteiger partial charge on any atom is 0.0252 e. The summed E-state index contributed by atoms with van der Waals surface area (Å²) in [4.78, 5) is 2.49. The molecule has 0 spiro atoms. The van der Waals surface area contributed by atoms with Crippen LogP contribution in [-0.2, 0) is 0 Å². The molecule has 12 heavy (non-hydrogen) atoms. The molecule has 1 saturated heterocycles. The summed E-state index contributed by atoms with van der Waals surface area (Å²) in [6, 6.07) is 0. The Bertz CT molecular complexity index is 137. The van der Waals surface area contributed by atoms with Crippen molar-refractivity contribution in [2.75, 3.05) is 25.5 Å². The van der Waals surface area contributed by atoms with Gasteiger partial charge >= 0.3 is 0 Å². The summed E-state index contributed by atoms with van der Waals surface area (Å²) in [7, 11) is 0. The van der Waals surface area contributed by atoms with Crippen molar-refractivity contribution in [1.82, 2.24) is 4.90 Å². The van der Waals surface area contributed by atoms with Crippen molar-refractivity contribution < 1.29 is 0 Å². The van der Waals surface area contributed by atoms with Gasteiger partial charge in [-0.3, -0.25) is 4.90 Å². The van der Waals surface area contributed by atoms with Crippen LogP contribution >= 0.6 is 11.6 Å². The van der Waals surface area contributed by atoms with Crippen LogP contribution in [-0.4, -0.2) is 30.4 Å². The lowest BCUT2D eigenvalue weighted by Gasteiger charge is -2.29. The van der Waals surface area contributed by atoms with Gasteiger partial charge in [0.1, 0.15) is 0 Å². The van der Waals surface area contributed by atoms with Crippen LogP contribution in [0.3, 0.4) is 0 Å². The summed E-state index contributed by atoms with van der Waals surface area (Å²) in [5.74, 6) is 1.62. The molecule has 0 radical (unpaired) electrons. The standard InChI is InChI=1S/C10H18ClN/c1-2-3-6-12-7-4-10(9-11)5-8-12/h2-3,10H,4-9H2,1H3/b3-2+. The zero-order valence-electron chi connectivity index (χ0n) is 7.80. The predicted octanol–water partition coefficient (Wildman–Crippen LogP) is 2.51. The number of likely N-dealkylation sites (tertiary alicyclic amines) is 1. The molecule has 1 nitrogen and oxygen atoms in total. The van der Waals surface area contributed by atoms with Crippen LogP contribution < -0.4 is 0 Å². The monoisotopic (exact) mass is 187 g/mol. The molecule has 0 aliphatic carbocycles. The summed E-state index contributed by atoms with van der Waals surface area (Å²) in [5, 5.41) is 0. The van der Waals surface area contributed by atoms with E-state index in [1.807, 2.05) is 0 Å². The molecule has 70 valence electrons. The van der Waals surface area contributed by atoms with E-state index in [0.29, 0.717) is 0 Å². The van der Waals surface area contributed by atoms with Crippen molar-refractivity contribution >= 4 is 11.6 Å². The molecule has 1 rings (SSSR count). The van der Waals surface area contributed by atoms with Gasteiger partial charge in [-0.25, -0.2) is 0 Å². The number of rotatable bonds is 3. The lowest BCUT2D eigenvalue weighted by Crippen LogP contribution is -2.34. The quantitative estimate of drug-likeness (QED) is 0.485. The maximum absolute atomic E-state index is 5.80. The van der Waals surface area contributed by atoms with Crippen LogP contribution in [0.5, 0.6) is 0 Å². The minimum absolute atomic E-state index is 0.772. The van der Waals surface area contributed by atoms with Gasteiger partial charge in [0.15, 0.2) is 0 Å². The van der Waals surface area contributed by atoms with E-state index in [-0.39, 0.29) is 0 Å². The smallest absolute Gasteiger partial charge is 0.0252 e. The summed E-state index contributed by atoms with van der Waals surface area (Å²) in [6.07, 6.45) is 6.90. The zero-order chi connectivity index (χ0) is 8.81. The van der Waals surface area contributed by atoms with Crippen molar-refractivity contribution in [3.05, 3.63) is 12.2 Å². The van der Waals surface area contributed by atoms with Gasteiger partial charge in [-0.05, 0) is 38.8 Å². The highest BCUT2D eigenvalue weighted by molar-refractivity contribution is 6.18. The Balaban J connectivity index is 2.17. The van der Waals surface area contributed by atoms with Gasteiger partial charge in [0, 0.05) is 12.4 Å². The molecule has 0 N–H and O–H groups in total. The molecule has 0 amide bonds. The van der Waals surface area contributed by atoms with Gasteiger partial charge in [0.05, 0.1) is 0 Å². The van der Waals surface area contributed by atoms with Crippen molar-refractivity contribution in [3.63, 3.8) is 0 Å². The lowest BCUT2D eigenvalue weighted by molar-refractivity contribution is 0.211. The van der Waals surface area contributed by atoms with Crippen LogP contribution in [0.25, 0.3) is 0 Å². The van der Waals surface area contributed by atoms with Crippen molar-refractivity contribution in [1.29, 1.82) is 0 Å². The molecule has 1 aliphatic heterocycles. The predicted molar refractivity (Wildman–Crippen MR) is 54.7 cm³/mol. The van der Waals surface area contributed by atoms with E-state index in [2.05, 4.69) is 24.0 Å². The van der Waals surface area contributed by atoms with Crippen molar-refractivity contribution in [3.8, 4) is 0 Å². The van der Waals surface area contributed by atoms with Gasteiger partial charge in [0.25, 0.3) is 0 Å². The minimum atomic E-state index is 0.772. The van der Waals surface area contributed by atoms with Crippen LogP contribution in [0.4, 0.5) is 0 Å². The number of halogens is 1. The molecule has 1 aliphatic rings. The second-order valence-corrected chi connectivity index (χ2v) is 3.78. The number of nitrogens with zero attached hydrogens (tertiary/aromatic N) is 1. The fourth-order valence-electron chi connectivity index (χ4n) is 1.58. The summed E-state index contributed by atoms with van der Waals surface area (Å²) in [5.41, 5.74) is 0. The van der Waals surface area contributed by atoms with E-state index in [9.17, 15) is 0 Å². The first-order valence-electron chi connectivity index (χ1n) is 4.76. The first kappa shape index (κ1) is 10.1. The topological polar surface area (TPSA) is 3.24 Å². The average molecular weight is 188 g/mol. The zero-order valence-corrected chi connectivity index (χ0v) is 8.56. The summed E-state index contributed by atoms with van der Waals surface area (Å²) in [6.45, 7) is 5.64. The van der Waals surface area contributed by atoms with Crippen LogP contribution in [0, 0.1) is 5.92 Å². The molecule has 0 bridgehead atoms. The molecular formula is C10H18ClN. The molecule has 2 heteroatoms. The molecule has 0 atom stereocenters. The normalized spacial score (nSPS) is 22.2. The molecule has 0 aromatic carbocycles. The van der Waals surface area contributed by atoms with Gasteiger partial charge in [-0.15, -0.1) is 11.6 Å². The molecule has 0 saturated carbocycles. The van der Waals surface area contributed by atoms with E-state index >= 15 is 0 Å². The number of hydrogen-bond donors (Lipinski definition) is 0. The van der Waals surface area contributed by atoms with Crippen molar-refractivity contribution in [2.45, 2.75) is 19.8 Å². The molecule has 0 aromatic rings. The lowest BCUT2D eigenvalue weighted by atomic mass is 9.99. The molecule has 1 heterocycles. The van der Waals surface area contributed by atoms with Gasteiger partial charge in [0.2, 0.25) is 0 Å². The Labute approximate surface area is 80.4 Å². The fourth-order valence-corrected chi connectivity index (χ4v) is 1.89. The fraction of sp³-hybridized carbons (Fsp3) is 0.800. The minimum Gasteiger partial charge on any atom is -0.300 e. The van der Waals surface area contributed by atoms with Gasteiger partial charge < -0.3 is 0 Å². The number of alkyl halides is 1. The number of allylic oxidation sites excluding steroid dienone is 1. The third-order valence-corrected chi connectivity index (χ3v) is 2.96. The molecule has 1 fully saturated rings. The van der Waals surface area contributed by atoms with Gasteiger partial charge in [-0.2, -0.15) is 0 Å². The van der Waals surface area contributed by atoms with E-state index in [1.165, 1.54) is 25.9 Å². The number of piperidine rings is 1. The summed E-state index contributed by atoms with van der Waals surface area (Å²) < 4.78 is 0. The van der Waals surface area contributed by atoms with Gasteiger partial charge in [-0.1, -0.05) is 12.2 Å². The highest BCUT2D eigenvalue weighted by Gasteiger charge is 2.16. The average Bonchev–Trinajstić information content (AvgIpc) is 2.15. The maximum atomic E-state index is 5.80. The Morgan fingerprint density at radius 2 is 2.08 bits per heavy atom. The largest absolute Gasteiger partial charge is 0.300 e. The van der Waals surface area contributed by atoms with Crippen LogP contribution in [0.2, 0.25) is 0 Å². The number of hydrogen-bond acceptors (Lipinski definition) is 1. The highest BCUT2D eigenvalue weighted by atomic mass is 35.5. The Morgan fingerprint density at radius 3 is 2.58 bits per heavy atom. The second-order valence-electron chi connectivity index (χ2n) is 3.47. The SMILES string of the molecule is C/C=C/CN1CCC(CCl)CC1. The molecular weight excluding hydrogens is 170 g/mol.